The second-order valence-corrected chi connectivity index (χ2v) is 4.03. The third-order valence-corrected chi connectivity index (χ3v) is 2.77. The fraction of sp³-hybridized carbons (Fsp3) is 0.462. The molecule has 0 saturated carbocycles. The molecule has 0 aromatic heterocycles. The Morgan fingerprint density at radius 2 is 1.94 bits per heavy atom. The Kier molecular flexibility index (Phi) is 3.94. The Morgan fingerprint density at radius 1 is 1.25 bits per heavy atom. The minimum atomic E-state index is 0.365. The zero-order chi connectivity index (χ0) is 11.2. The number of hydrazone groups is 1. The van der Waals surface area contributed by atoms with Gasteiger partial charge in [-0.2, -0.15) is 5.10 Å². The molecule has 3 heteroatoms. The normalized spacial score (nSPS) is 18.9. The van der Waals surface area contributed by atoms with E-state index < -0.39 is 0 Å². The molecule has 2 rings (SSSR count). The number of benzene rings is 1. The van der Waals surface area contributed by atoms with Crippen molar-refractivity contribution in [1.29, 1.82) is 0 Å². The minimum absolute atomic E-state index is 0.365. The van der Waals surface area contributed by atoms with Crippen LogP contribution in [0, 0.1) is 0 Å². The molecular formula is C13H18N2O. The molecule has 0 bridgehead atoms. The maximum absolute atomic E-state index is 5.28. The van der Waals surface area contributed by atoms with Crippen molar-refractivity contribution < 1.29 is 4.74 Å². The van der Waals surface area contributed by atoms with E-state index in [2.05, 4.69) is 41.3 Å². The van der Waals surface area contributed by atoms with Gasteiger partial charge in [-0.1, -0.05) is 37.3 Å². The van der Waals surface area contributed by atoms with Gasteiger partial charge < -0.3 is 4.74 Å². The average Bonchev–Trinajstić information content (AvgIpc) is 2.38. The lowest BCUT2D eigenvalue weighted by Crippen LogP contribution is -2.32. The smallest absolute Gasteiger partial charge is 0.0659 e. The van der Waals surface area contributed by atoms with E-state index >= 15 is 0 Å². The molecule has 0 spiro atoms. The summed E-state index contributed by atoms with van der Waals surface area (Å²) in [6.45, 7) is 5.55. The lowest BCUT2D eigenvalue weighted by Gasteiger charge is -2.24. The first-order chi connectivity index (χ1) is 7.86. The Bertz CT molecular complexity index is 331. The van der Waals surface area contributed by atoms with Crippen molar-refractivity contribution in [3.05, 3.63) is 35.9 Å². The second-order valence-electron chi connectivity index (χ2n) is 4.03. The Hall–Kier alpha value is -1.35. The highest BCUT2D eigenvalue weighted by Crippen LogP contribution is 2.12. The van der Waals surface area contributed by atoms with E-state index in [0.29, 0.717) is 5.92 Å². The van der Waals surface area contributed by atoms with Crippen LogP contribution < -0.4 is 0 Å². The van der Waals surface area contributed by atoms with E-state index in [9.17, 15) is 0 Å². The van der Waals surface area contributed by atoms with Crippen LogP contribution in [0.15, 0.2) is 35.4 Å². The van der Waals surface area contributed by atoms with Crippen LogP contribution in [-0.4, -0.2) is 37.5 Å². The maximum atomic E-state index is 5.28. The lowest BCUT2D eigenvalue weighted by atomic mass is 10.0. The van der Waals surface area contributed by atoms with E-state index in [1.807, 2.05) is 12.3 Å². The fourth-order valence-corrected chi connectivity index (χ4v) is 1.71. The Labute approximate surface area is 96.7 Å². The molecule has 1 aliphatic rings. The van der Waals surface area contributed by atoms with E-state index in [4.69, 9.17) is 4.74 Å². The van der Waals surface area contributed by atoms with Gasteiger partial charge in [-0.3, -0.25) is 5.01 Å². The highest BCUT2D eigenvalue weighted by Gasteiger charge is 2.07. The summed E-state index contributed by atoms with van der Waals surface area (Å²) in [4.78, 5) is 0. The highest BCUT2D eigenvalue weighted by atomic mass is 16.5. The van der Waals surface area contributed by atoms with Crippen LogP contribution in [0.3, 0.4) is 0 Å². The van der Waals surface area contributed by atoms with Gasteiger partial charge in [0.05, 0.1) is 26.3 Å². The van der Waals surface area contributed by atoms with Gasteiger partial charge in [-0.05, 0) is 5.56 Å². The number of morpholine rings is 1. The molecule has 1 fully saturated rings. The van der Waals surface area contributed by atoms with Gasteiger partial charge in [0.1, 0.15) is 0 Å². The number of hydrogen-bond donors (Lipinski definition) is 0. The minimum Gasteiger partial charge on any atom is -0.378 e. The summed E-state index contributed by atoms with van der Waals surface area (Å²) in [5, 5.41) is 6.56. The van der Waals surface area contributed by atoms with Crippen molar-refractivity contribution in [2.75, 3.05) is 26.3 Å². The lowest BCUT2D eigenvalue weighted by molar-refractivity contribution is 0.0395. The Balaban J connectivity index is 1.91. The number of ether oxygens (including phenoxy) is 1. The largest absolute Gasteiger partial charge is 0.378 e. The summed E-state index contributed by atoms with van der Waals surface area (Å²) >= 11 is 0. The third kappa shape index (κ3) is 3.07. The number of rotatable bonds is 3. The van der Waals surface area contributed by atoms with Crippen molar-refractivity contribution in [2.45, 2.75) is 12.8 Å². The van der Waals surface area contributed by atoms with Crippen LogP contribution in [0.25, 0.3) is 0 Å². The first-order valence-electron chi connectivity index (χ1n) is 5.78. The van der Waals surface area contributed by atoms with Crippen LogP contribution >= 0.6 is 0 Å². The predicted molar refractivity (Wildman–Crippen MR) is 65.7 cm³/mol. The second kappa shape index (κ2) is 5.66. The van der Waals surface area contributed by atoms with E-state index in [1.165, 1.54) is 5.56 Å². The van der Waals surface area contributed by atoms with Gasteiger partial charge in [0.2, 0.25) is 0 Å². The van der Waals surface area contributed by atoms with Gasteiger partial charge in [0, 0.05) is 12.1 Å². The summed E-state index contributed by atoms with van der Waals surface area (Å²) < 4.78 is 5.28. The van der Waals surface area contributed by atoms with Gasteiger partial charge in [0.25, 0.3) is 0 Å². The summed E-state index contributed by atoms with van der Waals surface area (Å²) in [6, 6.07) is 10.4. The van der Waals surface area contributed by atoms with Crippen molar-refractivity contribution in [3.8, 4) is 0 Å². The van der Waals surface area contributed by atoms with Crippen LogP contribution in [-0.2, 0) is 4.74 Å². The van der Waals surface area contributed by atoms with Gasteiger partial charge >= 0.3 is 0 Å². The highest BCUT2D eigenvalue weighted by molar-refractivity contribution is 5.66. The van der Waals surface area contributed by atoms with Crippen LogP contribution in [0.1, 0.15) is 18.4 Å². The molecule has 86 valence electrons. The molecule has 16 heavy (non-hydrogen) atoms. The van der Waals surface area contributed by atoms with Crippen LogP contribution in [0.2, 0.25) is 0 Å². The summed E-state index contributed by atoms with van der Waals surface area (Å²) in [7, 11) is 0. The standard InChI is InChI=1S/C13H18N2O/c1-12(13-5-3-2-4-6-13)11-14-15-7-9-16-10-8-15/h2-6,11-12H,7-10H2,1H3/b14-11+. The molecular weight excluding hydrogens is 200 g/mol. The van der Waals surface area contributed by atoms with E-state index in [0.717, 1.165) is 26.3 Å². The van der Waals surface area contributed by atoms with Crippen LogP contribution in [0.4, 0.5) is 0 Å². The molecule has 0 radical (unpaired) electrons. The monoisotopic (exact) mass is 218 g/mol. The summed E-state index contributed by atoms with van der Waals surface area (Å²) in [5.74, 6) is 0.365. The van der Waals surface area contributed by atoms with Crippen molar-refractivity contribution in [2.24, 2.45) is 5.10 Å². The average molecular weight is 218 g/mol. The van der Waals surface area contributed by atoms with Crippen molar-refractivity contribution >= 4 is 6.21 Å². The van der Waals surface area contributed by atoms with Crippen molar-refractivity contribution in [3.63, 3.8) is 0 Å². The maximum Gasteiger partial charge on any atom is 0.0659 e. The molecule has 1 aliphatic heterocycles. The number of nitrogens with zero attached hydrogens (tertiary/aromatic N) is 2. The topological polar surface area (TPSA) is 24.8 Å². The first-order valence-corrected chi connectivity index (χ1v) is 5.78. The fourth-order valence-electron chi connectivity index (χ4n) is 1.71. The molecule has 1 aromatic rings. The van der Waals surface area contributed by atoms with E-state index in [1.54, 1.807) is 0 Å². The van der Waals surface area contributed by atoms with E-state index in [-0.39, 0.29) is 0 Å². The molecule has 1 atom stereocenters. The molecule has 0 amide bonds. The molecule has 0 aliphatic carbocycles. The predicted octanol–water partition coefficient (Wildman–Crippen LogP) is 2.11. The van der Waals surface area contributed by atoms with Crippen molar-refractivity contribution in [1.82, 2.24) is 5.01 Å². The van der Waals surface area contributed by atoms with Gasteiger partial charge in [-0.15, -0.1) is 0 Å². The first kappa shape index (κ1) is 11.1. The Morgan fingerprint density at radius 3 is 2.62 bits per heavy atom. The number of hydrogen-bond acceptors (Lipinski definition) is 3. The molecule has 3 nitrogen and oxygen atoms in total. The molecule has 1 heterocycles. The zero-order valence-electron chi connectivity index (χ0n) is 9.67. The summed E-state index contributed by atoms with van der Waals surface area (Å²) in [5.41, 5.74) is 1.31. The zero-order valence-corrected chi connectivity index (χ0v) is 9.67. The van der Waals surface area contributed by atoms with Crippen LogP contribution in [0.5, 0.6) is 0 Å². The quantitative estimate of drug-likeness (QED) is 0.726. The third-order valence-electron chi connectivity index (χ3n) is 2.77. The molecule has 1 aromatic carbocycles. The molecule has 1 saturated heterocycles. The molecule has 1 unspecified atom stereocenters. The molecule has 0 N–H and O–H groups in total. The van der Waals surface area contributed by atoms with Gasteiger partial charge in [0.15, 0.2) is 0 Å². The van der Waals surface area contributed by atoms with Gasteiger partial charge in [-0.25, -0.2) is 0 Å². The summed E-state index contributed by atoms with van der Waals surface area (Å²) in [6.07, 6.45) is 2.01. The SMILES string of the molecule is CC(/C=N/N1CCOCC1)c1ccccc1.